The predicted octanol–water partition coefficient (Wildman–Crippen LogP) is -0.345. The molecule has 0 bridgehead atoms. The first-order valence-electron chi connectivity index (χ1n) is 2.71. The molecular formula is C5H11NO3. The summed E-state index contributed by atoms with van der Waals surface area (Å²) in [6.45, 7) is 3.75. The van der Waals surface area contributed by atoms with Crippen LogP contribution in [0.2, 0.25) is 0 Å². The van der Waals surface area contributed by atoms with E-state index in [1.165, 1.54) is 0 Å². The molecular weight excluding hydrogens is 122 g/mol. The second kappa shape index (κ2) is 5.53. The lowest BCUT2D eigenvalue weighted by atomic mass is 10.7. The van der Waals surface area contributed by atoms with Gasteiger partial charge in [0, 0.05) is 13.5 Å². The van der Waals surface area contributed by atoms with Crippen molar-refractivity contribution in [3.8, 4) is 0 Å². The van der Waals surface area contributed by atoms with Gasteiger partial charge < -0.3 is 9.84 Å². The van der Waals surface area contributed by atoms with Crippen LogP contribution in [0.15, 0.2) is 0 Å². The molecule has 2 N–H and O–H groups in total. The third kappa shape index (κ3) is 11.1. The van der Waals surface area contributed by atoms with Gasteiger partial charge >= 0.3 is 0 Å². The van der Waals surface area contributed by atoms with Gasteiger partial charge in [-0.1, -0.05) is 0 Å². The third-order valence-electron chi connectivity index (χ3n) is 0.627. The first-order chi connectivity index (χ1) is 4.23. The molecule has 0 aromatic heterocycles. The largest absolute Gasteiger partial charge is 0.481 e. The molecule has 1 aliphatic heterocycles. The van der Waals surface area contributed by atoms with E-state index in [0.717, 1.165) is 26.8 Å². The molecule has 0 aliphatic carbocycles. The Kier molecular flexibility index (Phi) is 5.15. The van der Waals surface area contributed by atoms with E-state index in [1.54, 1.807) is 0 Å². The molecule has 9 heavy (non-hydrogen) atoms. The summed E-state index contributed by atoms with van der Waals surface area (Å²) in [5, 5.41) is 10.4. The zero-order chi connectivity index (χ0) is 7.11. The van der Waals surface area contributed by atoms with E-state index in [-0.39, 0.29) is 0 Å². The van der Waals surface area contributed by atoms with E-state index in [2.05, 4.69) is 5.32 Å². The van der Waals surface area contributed by atoms with Gasteiger partial charge in [0.2, 0.25) is 0 Å². The lowest BCUT2D eigenvalue weighted by Crippen LogP contribution is -2.05. The second-order valence-electron chi connectivity index (χ2n) is 1.57. The highest BCUT2D eigenvalue weighted by atomic mass is 16.5. The minimum Gasteiger partial charge on any atom is -0.481 e. The van der Waals surface area contributed by atoms with E-state index >= 15 is 0 Å². The van der Waals surface area contributed by atoms with Crippen LogP contribution in [-0.2, 0) is 9.53 Å². The number of hydrogen-bond acceptors (Lipinski definition) is 3. The molecule has 0 aromatic carbocycles. The maximum Gasteiger partial charge on any atom is 0.300 e. The highest BCUT2D eigenvalue weighted by molar-refractivity contribution is 5.62. The Hall–Kier alpha value is -0.610. The van der Waals surface area contributed by atoms with Crippen LogP contribution in [0.1, 0.15) is 6.92 Å². The highest BCUT2D eigenvalue weighted by Gasteiger charge is 1.92. The van der Waals surface area contributed by atoms with Crippen molar-refractivity contribution in [1.82, 2.24) is 5.32 Å². The average molecular weight is 133 g/mol. The van der Waals surface area contributed by atoms with Gasteiger partial charge in [-0.05, 0) is 0 Å². The van der Waals surface area contributed by atoms with Gasteiger partial charge in [0.25, 0.3) is 5.97 Å². The number of carbonyl (C=O) groups is 1. The molecule has 0 radical (unpaired) electrons. The van der Waals surface area contributed by atoms with Crippen molar-refractivity contribution in [3.63, 3.8) is 0 Å². The molecule has 1 saturated heterocycles. The number of ether oxygens (including phenoxy) is 1. The highest BCUT2D eigenvalue weighted by Crippen LogP contribution is 1.75. The summed E-state index contributed by atoms with van der Waals surface area (Å²) in [4.78, 5) is 9.00. The van der Waals surface area contributed by atoms with Crippen molar-refractivity contribution in [1.29, 1.82) is 0 Å². The molecule has 0 atom stereocenters. The molecule has 0 unspecified atom stereocenters. The lowest BCUT2D eigenvalue weighted by molar-refractivity contribution is -0.134. The molecule has 0 amide bonds. The Morgan fingerprint density at radius 2 is 2.33 bits per heavy atom. The van der Waals surface area contributed by atoms with Crippen LogP contribution in [0.3, 0.4) is 0 Å². The molecule has 0 aromatic rings. The van der Waals surface area contributed by atoms with Crippen LogP contribution in [0.5, 0.6) is 0 Å². The Morgan fingerprint density at radius 1 is 1.78 bits per heavy atom. The molecule has 54 valence electrons. The Labute approximate surface area is 53.8 Å². The normalized spacial score (nSPS) is 16.1. The van der Waals surface area contributed by atoms with Crippen molar-refractivity contribution < 1.29 is 14.6 Å². The number of nitrogens with one attached hydrogen (secondary N) is 1. The molecule has 0 spiro atoms. The van der Waals surface area contributed by atoms with Crippen molar-refractivity contribution >= 4 is 5.97 Å². The van der Waals surface area contributed by atoms with Crippen LogP contribution in [0.25, 0.3) is 0 Å². The number of hydrogen-bond donors (Lipinski definition) is 2. The SMILES string of the molecule is C1COCN1.CC(=O)O. The van der Waals surface area contributed by atoms with Gasteiger partial charge in [0.15, 0.2) is 0 Å². The maximum atomic E-state index is 9.00. The molecule has 1 fully saturated rings. The number of carboxylic acid groups (broad SMARTS) is 1. The first kappa shape index (κ1) is 8.39. The van der Waals surface area contributed by atoms with Gasteiger partial charge in [-0.15, -0.1) is 0 Å². The second-order valence-corrected chi connectivity index (χ2v) is 1.57. The summed E-state index contributed by atoms with van der Waals surface area (Å²) in [6, 6.07) is 0. The first-order valence-corrected chi connectivity index (χ1v) is 2.71. The monoisotopic (exact) mass is 133 g/mol. The standard InChI is InChI=1S/C3H7NO.C2H4O2/c1-2-5-3-4-1;1-2(3)4/h4H,1-3H2;1H3,(H,3,4). The maximum absolute atomic E-state index is 9.00. The fourth-order valence-electron chi connectivity index (χ4n) is 0.361. The summed E-state index contributed by atoms with van der Waals surface area (Å²) in [6.07, 6.45) is 0. The van der Waals surface area contributed by atoms with E-state index in [4.69, 9.17) is 14.6 Å². The van der Waals surface area contributed by atoms with E-state index in [0.29, 0.717) is 0 Å². The van der Waals surface area contributed by atoms with E-state index in [9.17, 15) is 0 Å². The smallest absolute Gasteiger partial charge is 0.300 e. The van der Waals surface area contributed by atoms with E-state index < -0.39 is 5.97 Å². The molecule has 0 saturated carbocycles. The minimum atomic E-state index is -0.833. The zero-order valence-electron chi connectivity index (χ0n) is 5.39. The fraction of sp³-hybridized carbons (Fsp3) is 0.800. The van der Waals surface area contributed by atoms with Crippen LogP contribution >= 0.6 is 0 Å². The van der Waals surface area contributed by atoms with Gasteiger partial charge in [0.05, 0.1) is 13.3 Å². The van der Waals surface area contributed by atoms with Crippen LogP contribution in [0.4, 0.5) is 0 Å². The summed E-state index contributed by atoms with van der Waals surface area (Å²) < 4.78 is 4.83. The molecule has 4 nitrogen and oxygen atoms in total. The van der Waals surface area contributed by atoms with Crippen molar-refractivity contribution in [2.45, 2.75) is 6.92 Å². The summed E-state index contributed by atoms with van der Waals surface area (Å²) in [5.41, 5.74) is 0. The number of carboxylic acids is 1. The van der Waals surface area contributed by atoms with Gasteiger partial charge in [-0.25, -0.2) is 0 Å². The van der Waals surface area contributed by atoms with Crippen LogP contribution < -0.4 is 5.32 Å². The topological polar surface area (TPSA) is 58.6 Å². The van der Waals surface area contributed by atoms with Crippen molar-refractivity contribution in [2.24, 2.45) is 0 Å². The third-order valence-corrected chi connectivity index (χ3v) is 0.627. The minimum absolute atomic E-state index is 0.750. The molecule has 1 heterocycles. The van der Waals surface area contributed by atoms with Crippen molar-refractivity contribution in [3.05, 3.63) is 0 Å². The Bertz CT molecular complexity index is 68.7. The number of rotatable bonds is 0. The quantitative estimate of drug-likeness (QED) is 0.474. The van der Waals surface area contributed by atoms with Gasteiger partial charge in [0.1, 0.15) is 0 Å². The van der Waals surface area contributed by atoms with E-state index in [1.807, 2.05) is 0 Å². The Balaban J connectivity index is 0.000000148. The predicted molar refractivity (Wildman–Crippen MR) is 32.1 cm³/mol. The number of aliphatic carboxylic acids is 1. The van der Waals surface area contributed by atoms with Gasteiger partial charge in [-0.2, -0.15) is 0 Å². The molecule has 1 rings (SSSR count). The summed E-state index contributed by atoms with van der Waals surface area (Å²) >= 11 is 0. The van der Waals surface area contributed by atoms with Crippen LogP contribution in [-0.4, -0.2) is 31.0 Å². The molecule has 1 aliphatic rings. The molecule has 4 heteroatoms. The van der Waals surface area contributed by atoms with Crippen molar-refractivity contribution in [2.75, 3.05) is 19.9 Å². The Morgan fingerprint density at radius 3 is 2.44 bits per heavy atom. The summed E-state index contributed by atoms with van der Waals surface area (Å²) in [7, 11) is 0. The van der Waals surface area contributed by atoms with Crippen LogP contribution in [0, 0.1) is 0 Å². The fourth-order valence-corrected chi connectivity index (χ4v) is 0.361. The summed E-state index contributed by atoms with van der Waals surface area (Å²) in [5.74, 6) is -0.833. The van der Waals surface area contributed by atoms with Gasteiger partial charge in [-0.3, -0.25) is 10.1 Å². The lowest BCUT2D eigenvalue weighted by Gasteiger charge is -1.76. The zero-order valence-corrected chi connectivity index (χ0v) is 5.39. The average Bonchev–Trinajstić information content (AvgIpc) is 2.11.